The summed E-state index contributed by atoms with van der Waals surface area (Å²) in [5.41, 5.74) is 4.51. The van der Waals surface area contributed by atoms with Gasteiger partial charge in [0.05, 0.1) is 43.5 Å². The molecule has 1 saturated heterocycles. The number of nitrogens with one attached hydrogen (secondary N) is 1. The summed E-state index contributed by atoms with van der Waals surface area (Å²) in [7, 11) is 1.45. The molecule has 7 rings (SSSR count). The van der Waals surface area contributed by atoms with Crippen molar-refractivity contribution < 1.29 is 19.1 Å². The Kier molecular flexibility index (Phi) is 5.61. The maximum atomic E-state index is 13.7. The smallest absolute Gasteiger partial charge is 0.308 e. The first-order chi connectivity index (χ1) is 18.9. The van der Waals surface area contributed by atoms with Crippen LogP contribution in [0.1, 0.15) is 78.4 Å². The lowest BCUT2D eigenvalue weighted by molar-refractivity contribution is -0.159. The van der Waals surface area contributed by atoms with Crippen LogP contribution in [0, 0.1) is 23.2 Å². The van der Waals surface area contributed by atoms with Crippen molar-refractivity contribution in [1.29, 1.82) is 0 Å². The summed E-state index contributed by atoms with van der Waals surface area (Å²) in [6, 6.07) is 12.8. The number of methoxy groups -OCH3 is 1. The van der Waals surface area contributed by atoms with Crippen LogP contribution in [-0.4, -0.2) is 48.0 Å². The van der Waals surface area contributed by atoms with Crippen molar-refractivity contribution in [3.05, 3.63) is 64.8 Å². The van der Waals surface area contributed by atoms with E-state index in [0.717, 1.165) is 47.7 Å². The zero-order valence-electron chi connectivity index (χ0n) is 22.5. The Balaban J connectivity index is 1.19. The number of nitrogens with zero attached hydrogens (tertiary/aromatic N) is 2. The van der Waals surface area contributed by atoms with Gasteiger partial charge in [0.15, 0.2) is 0 Å². The Morgan fingerprint density at radius 1 is 1.08 bits per heavy atom. The summed E-state index contributed by atoms with van der Waals surface area (Å²) in [6.45, 7) is 2.82. The minimum atomic E-state index is -0.466. The van der Waals surface area contributed by atoms with Crippen molar-refractivity contribution in [1.82, 2.24) is 15.1 Å². The minimum Gasteiger partial charge on any atom is -0.469 e. The van der Waals surface area contributed by atoms with E-state index in [2.05, 4.69) is 41.4 Å². The van der Waals surface area contributed by atoms with Gasteiger partial charge in [-0.05, 0) is 80.0 Å². The Bertz CT molecular complexity index is 1520. The fourth-order valence-electron chi connectivity index (χ4n) is 7.08. The van der Waals surface area contributed by atoms with Crippen LogP contribution in [0.25, 0.3) is 10.9 Å². The monoisotopic (exact) mass is 523 g/mol. The number of carbonyl (C=O) groups excluding carboxylic acids is 2. The van der Waals surface area contributed by atoms with Crippen LogP contribution >= 0.6 is 0 Å². The highest BCUT2D eigenvalue weighted by molar-refractivity contribution is 6.07. The van der Waals surface area contributed by atoms with Gasteiger partial charge in [0.2, 0.25) is 0 Å². The number of esters is 1. The van der Waals surface area contributed by atoms with Gasteiger partial charge in [-0.1, -0.05) is 30.2 Å². The average molecular weight is 524 g/mol. The quantitative estimate of drug-likeness (QED) is 0.380. The molecule has 3 aliphatic carbocycles. The maximum Gasteiger partial charge on any atom is 0.308 e. The molecule has 1 amide bonds. The van der Waals surface area contributed by atoms with Gasteiger partial charge in [0, 0.05) is 17.0 Å². The van der Waals surface area contributed by atoms with E-state index in [9.17, 15) is 9.59 Å². The summed E-state index contributed by atoms with van der Waals surface area (Å²) in [5, 5.41) is 9.00. The van der Waals surface area contributed by atoms with Gasteiger partial charge >= 0.3 is 5.97 Å². The highest BCUT2D eigenvalue weighted by Gasteiger charge is 2.55. The molecule has 7 heteroatoms. The first kappa shape index (κ1) is 24.4. The Labute approximate surface area is 228 Å². The summed E-state index contributed by atoms with van der Waals surface area (Å²) >= 11 is 0. The lowest BCUT2D eigenvalue weighted by Gasteiger charge is -2.56. The number of aromatic nitrogens is 2. The Morgan fingerprint density at radius 2 is 1.82 bits per heavy atom. The molecule has 7 nitrogen and oxygen atoms in total. The predicted molar refractivity (Wildman–Crippen MR) is 146 cm³/mol. The summed E-state index contributed by atoms with van der Waals surface area (Å²) in [4.78, 5) is 25.5. The van der Waals surface area contributed by atoms with Gasteiger partial charge in [0.1, 0.15) is 5.54 Å². The van der Waals surface area contributed by atoms with Crippen molar-refractivity contribution >= 4 is 22.8 Å². The molecule has 4 fully saturated rings. The highest BCUT2D eigenvalue weighted by Crippen LogP contribution is 2.59. The lowest BCUT2D eigenvalue weighted by atomic mass is 9.50. The zero-order valence-corrected chi connectivity index (χ0v) is 22.5. The number of hydrogen-bond acceptors (Lipinski definition) is 5. The second kappa shape index (κ2) is 8.96. The minimum absolute atomic E-state index is 0.00655. The van der Waals surface area contributed by atoms with Crippen LogP contribution in [0.2, 0.25) is 0 Å². The summed E-state index contributed by atoms with van der Waals surface area (Å²) in [5.74, 6) is 6.67. The molecule has 0 atom stereocenters. The van der Waals surface area contributed by atoms with E-state index in [-0.39, 0.29) is 29.3 Å². The van der Waals surface area contributed by atoms with Crippen molar-refractivity contribution in [2.24, 2.45) is 11.3 Å². The van der Waals surface area contributed by atoms with E-state index in [4.69, 9.17) is 14.6 Å². The zero-order chi connectivity index (χ0) is 26.8. The van der Waals surface area contributed by atoms with E-state index in [1.54, 1.807) is 0 Å². The van der Waals surface area contributed by atoms with Gasteiger partial charge < -0.3 is 14.8 Å². The molecule has 200 valence electrons. The van der Waals surface area contributed by atoms with E-state index in [0.29, 0.717) is 24.7 Å². The molecule has 1 spiro atoms. The lowest BCUT2D eigenvalue weighted by Crippen LogP contribution is -2.57. The normalized spacial score (nSPS) is 26.5. The molecule has 0 radical (unpaired) electrons. The molecule has 0 bridgehead atoms. The third-order valence-electron chi connectivity index (χ3n) is 9.41. The molecule has 3 aromatic rings. The van der Waals surface area contributed by atoms with Gasteiger partial charge in [-0.15, -0.1) is 5.92 Å². The fraction of sp³-hybridized carbons (Fsp3) is 0.469. The third-order valence-corrected chi connectivity index (χ3v) is 9.41. The Morgan fingerprint density at radius 3 is 2.44 bits per heavy atom. The van der Waals surface area contributed by atoms with Crippen LogP contribution in [0.4, 0.5) is 0 Å². The van der Waals surface area contributed by atoms with Crippen molar-refractivity contribution in [3.63, 3.8) is 0 Å². The number of amides is 1. The first-order valence-electron chi connectivity index (χ1n) is 14.0. The molecule has 4 aliphatic rings. The molecule has 3 saturated carbocycles. The molecule has 0 unspecified atom stereocenters. The third kappa shape index (κ3) is 3.88. The van der Waals surface area contributed by atoms with Crippen LogP contribution in [0.3, 0.4) is 0 Å². The fourth-order valence-corrected chi connectivity index (χ4v) is 7.08. The van der Waals surface area contributed by atoms with E-state index in [1.807, 2.05) is 29.9 Å². The number of rotatable bonds is 6. The topological polar surface area (TPSA) is 82.5 Å². The summed E-state index contributed by atoms with van der Waals surface area (Å²) in [6.07, 6.45) is 7.89. The predicted octanol–water partition coefficient (Wildman–Crippen LogP) is 4.52. The van der Waals surface area contributed by atoms with Crippen LogP contribution in [-0.2, 0) is 19.8 Å². The average Bonchev–Trinajstić information content (AvgIpc) is 3.63. The van der Waals surface area contributed by atoms with Crippen LogP contribution < -0.4 is 5.32 Å². The molecule has 1 aliphatic heterocycles. The van der Waals surface area contributed by atoms with Gasteiger partial charge in [0.25, 0.3) is 5.91 Å². The number of carbonyl (C=O) groups is 2. The Hall–Kier alpha value is -3.63. The molecule has 2 aromatic carbocycles. The molecule has 2 heterocycles. The summed E-state index contributed by atoms with van der Waals surface area (Å²) < 4.78 is 12.7. The molecular formula is C32H33N3O4. The number of fused-ring (bicyclic) bond motifs is 1. The second-order valence-electron chi connectivity index (χ2n) is 12.0. The van der Waals surface area contributed by atoms with Gasteiger partial charge in [-0.2, -0.15) is 5.10 Å². The molecule has 1 aromatic heterocycles. The van der Waals surface area contributed by atoms with Gasteiger partial charge in [-0.25, -0.2) is 4.68 Å². The van der Waals surface area contributed by atoms with Crippen LogP contribution in [0.5, 0.6) is 0 Å². The van der Waals surface area contributed by atoms with E-state index in [1.165, 1.54) is 25.5 Å². The number of ether oxygens (including phenoxy) is 2. The van der Waals surface area contributed by atoms with E-state index >= 15 is 0 Å². The number of hydrogen-bond donors (Lipinski definition) is 1. The van der Waals surface area contributed by atoms with Crippen molar-refractivity contribution in [2.75, 3.05) is 20.3 Å². The number of benzene rings is 2. The van der Waals surface area contributed by atoms with E-state index < -0.39 is 5.54 Å². The standard InChI is InChI=1S/C32H33N3O4/c1-3-4-22-9-12-26(29(36)34-25-15-31(16-25)13-23(14-31)30(37)38-2)28-27(22)17-33-35(28)32(18-39-19-32)24-10-7-21(8-11-24)20-5-6-20/h7-12,17,20,23,25H,5-6,13-16,18-19H2,1-2H3,(H,34,36). The largest absolute Gasteiger partial charge is 0.469 e. The van der Waals surface area contributed by atoms with Crippen molar-refractivity contribution in [2.45, 2.75) is 62.9 Å². The highest BCUT2D eigenvalue weighted by atomic mass is 16.5. The molecule has 1 N–H and O–H groups in total. The second-order valence-corrected chi connectivity index (χ2v) is 12.0. The maximum absolute atomic E-state index is 13.7. The first-order valence-corrected chi connectivity index (χ1v) is 14.0. The van der Waals surface area contributed by atoms with Crippen molar-refractivity contribution in [3.8, 4) is 11.8 Å². The van der Waals surface area contributed by atoms with Crippen LogP contribution in [0.15, 0.2) is 42.6 Å². The molecule has 39 heavy (non-hydrogen) atoms. The molecular weight excluding hydrogens is 490 g/mol. The SMILES string of the molecule is CC#Cc1ccc(C(=O)NC2CC3(C2)CC(C(=O)OC)C3)c2c1cnn2C1(c2ccc(C3CC3)cc2)COC1. The van der Waals surface area contributed by atoms with Gasteiger partial charge in [-0.3, -0.25) is 9.59 Å².